The van der Waals surface area contributed by atoms with Crippen molar-refractivity contribution < 1.29 is 4.79 Å². The van der Waals surface area contributed by atoms with Crippen molar-refractivity contribution in [3.8, 4) is 0 Å². The molecule has 0 fully saturated rings. The Kier molecular flexibility index (Phi) is 3.29. The zero-order valence-electron chi connectivity index (χ0n) is 6.79. The maximum Gasteiger partial charge on any atom is 0.207 e. The number of benzene rings is 1. The molecule has 3 heteroatoms. The maximum atomic E-state index is 10.0. The number of hydrogen-bond donors (Lipinski definition) is 2. The van der Waals surface area contributed by atoms with E-state index in [0.717, 1.165) is 11.1 Å². The molecule has 0 unspecified atom stereocenters. The third-order valence-electron chi connectivity index (χ3n) is 1.71. The largest absolute Gasteiger partial charge is 0.355 e. The Bertz CT molecular complexity index is 260. The third kappa shape index (κ3) is 2.07. The first kappa shape index (κ1) is 8.74. The number of nitrogens with one attached hydrogen (secondary N) is 1. The molecule has 0 aliphatic carbocycles. The van der Waals surface area contributed by atoms with Gasteiger partial charge in [0.1, 0.15) is 0 Å². The van der Waals surface area contributed by atoms with Crippen LogP contribution in [0.4, 0.5) is 0 Å². The Labute approximate surface area is 71.6 Å². The van der Waals surface area contributed by atoms with Gasteiger partial charge in [-0.15, -0.1) is 0 Å². The van der Waals surface area contributed by atoms with Crippen LogP contribution >= 0.6 is 0 Å². The van der Waals surface area contributed by atoms with Crippen molar-refractivity contribution in [2.45, 2.75) is 13.1 Å². The Balaban J connectivity index is 2.74. The summed E-state index contributed by atoms with van der Waals surface area (Å²) in [4.78, 5) is 10.0. The van der Waals surface area contributed by atoms with E-state index in [2.05, 4.69) is 5.32 Å². The van der Waals surface area contributed by atoms with Crippen LogP contribution in [0.2, 0.25) is 0 Å². The van der Waals surface area contributed by atoms with Gasteiger partial charge in [0, 0.05) is 13.1 Å². The van der Waals surface area contributed by atoms with E-state index in [1.54, 1.807) is 0 Å². The number of carbonyl (C=O) groups is 1. The minimum Gasteiger partial charge on any atom is -0.355 e. The van der Waals surface area contributed by atoms with Crippen LogP contribution in [0.25, 0.3) is 0 Å². The highest BCUT2D eigenvalue weighted by Crippen LogP contribution is 2.06. The average molecular weight is 164 g/mol. The minimum atomic E-state index is 0.511. The van der Waals surface area contributed by atoms with E-state index in [9.17, 15) is 4.79 Å². The SMILES string of the molecule is NCc1ccccc1CNC=O. The first-order chi connectivity index (χ1) is 5.88. The summed E-state index contributed by atoms with van der Waals surface area (Å²) in [7, 11) is 0. The predicted molar refractivity (Wildman–Crippen MR) is 47.2 cm³/mol. The van der Waals surface area contributed by atoms with Crippen LogP contribution < -0.4 is 11.1 Å². The van der Waals surface area contributed by atoms with Crippen molar-refractivity contribution in [2.75, 3.05) is 0 Å². The van der Waals surface area contributed by atoms with Gasteiger partial charge in [-0.05, 0) is 11.1 Å². The van der Waals surface area contributed by atoms with Gasteiger partial charge in [-0.25, -0.2) is 0 Å². The monoisotopic (exact) mass is 164 g/mol. The van der Waals surface area contributed by atoms with Crippen LogP contribution in [0.5, 0.6) is 0 Å². The second-order valence-electron chi connectivity index (χ2n) is 2.47. The molecule has 0 aliphatic rings. The molecule has 3 N–H and O–H groups in total. The van der Waals surface area contributed by atoms with Gasteiger partial charge >= 0.3 is 0 Å². The zero-order valence-corrected chi connectivity index (χ0v) is 6.79. The summed E-state index contributed by atoms with van der Waals surface area (Å²) in [6.07, 6.45) is 0.688. The first-order valence-corrected chi connectivity index (χ1v) is 3.82. The molecular weight excluding hydrogens is 152 g/mol. The second-order valence-corrected chi connectivity index (χ2v) is 2.47. The van der Waals surface area contributed by atoms with Gasteiger partial charge in [0.25, 0.3) is 0 Å². The normalized spacial score (nSPS) is 9.42. The van der Waals surface area contributed by atoms with Crippen molar-refractivity contribution in [3.63, 3.8) is 0 Å². The fraction of sp³-hybridized carbons (Fsp3) is 0.222. The number of amides is 1. The second kappa shape index (κ2) is 4.51. The smallest absolute Gasteiger partial charge is 0.207 e. The molecule has 0 aromatic heterocycles. The lowest BCUT2D eigenvalue weighted by molar-refractivity contribution is -0.109. The molecule has 64 valence electrons. The van der Waals surface area contributed by atoms with Gasteiger partial charge in [0.15, 0.2) is 0 Å². The van der Waals surface area contributed by atoms with Crippen molar-refractivity contribution >= 4 is 6.41 Å². The highest BCUT2D eigenvalue weighted by atomic mass is 16.1. The first-order valence-electron chi connectivity index (χ1n) is 3.82. The van der Waals surface area contributed by atoms with E-state index in [-0.39, 0.29) is 0 Å². The quantitative estimate of drug-likeness (QED) is 0.632. The fourth-order valence-electron chi connectivity index (χ4n) is 1.08. The molecule has 1 rings (SSSR count). The number of carbonyl (C=O) groups excluding carboxylic acids is 1. The van der Waals surface area contributed by atoms with E-state index in [4.69, 9.17) is 5.73 Å². The lowest BCUT2D eigenvalue weighted by Crippen LogP contribution is -2.12. The van der Waals surface area contributed by atoms with Gasteiger partial charge in [-0.3, -0.25) is 4.79 Å². The lowest BCUT2D eigenvalue weighted by atomic mass is 10.1. The Hall–Kier alpha value is -1.35. The molecule has 1 aromatic carbocycles. The number of rotatable bonds is 4. The summed E-state index contributed by atoms with van der Waals surface area (Å²) in [5.74, 6) is 0. The topological polar surface area (TPSA) is 55.1 Å². The molecule has 0 spiro atoms. The van der Waals surface area contributed by atoms with Crippen LogP contribution in [0.1, 0.15) is 11.1 Å². The molecule has 0 heterocycles. The standard InChI is InChI=1S/C9H12N2O/c10-5-8-3-1-2-4-9(8)6-11-7-12/h1-4,7H,5-6,10H2,(H,11,12). The van der Waals surface area contributed by atoms with Gasteiger partial charge in [-0.2, -0.15) is 0 Å². The molecule has 0 saturated heterocycles. The van der Waals surface area contributed by atoms with Gasteiger partial charge in [0.05, 0.1) is 0 Å². The van der Waals surface area contributed by atoms with Gasteiger partial charge in [-0.1, -0.05) is 24.3 Å². The number of nitrogens with two attached hydrogens (primary N) is 1. The molecule has 12 heavy (non-hydrogen) atoms. The molecule has 0 radical (unpaired) electrons. The molecule has 0 saturated carbocycles. The third-order valence-corrected chi connectivity index (χ3v) is 1.71. The minimum absolute atomic E-state index is 0.511. The van der Waals surface area contributed by atoms with Crippen molar-refractivity contribution in [1.29, 1.82) is 0 Å². The van der Waals surface area contributed by atoms with E-state index >= 15 is 0 Å². The van der Waals surface area contributed by atoms with E-state index < -0.39 is 0 Å². The van der Waals surface area contributed by atoms with E-state index in [1.807, 2.05) is 24.3 Å². The van der Waals surface area contributed by atoms with Gasteiger partial charge < -0.3 is 11.1 Å². The molecule has 1 amide bonds. The van der Waals surface area contributed by atoms with Crippen LogP contribution in [0, 0.1) is 0 Å². The molecule has 0 atom stereocenters. The van der Waals surface area contributed by atoms with E-state index in [0.29, 0.717) is 19.5 Å². The summed E-state index contributed by atoms with van der Waals surface area (Å²) in [6.45, 7) is 1.06. The molecule has 1 aromatic rings. The van der Waals surface area contributed by atoms with Crippen LogP contribution in [0.3, 0.4) is 0 Å². The summed E-state index contributed by atoms with van der Waals surface area (Å²) >= 11 is 0. The summed E-state index contributed by atoms with van der Waals surface area (Å²) < 4.78 is 0. The summed E-state index contributed by atoms with van der Waals surface area (Å²) in [5.41, 5.74) is 7.66. The Morgan fingerprint density at radius 3 is 2.58 bits per heavy atom. The van der Waals surface area contributed by atoms with Crippen molar-refractivity contribution in [2.24, 2.45) is 5.73 Å². The molecule has 3 nitrogen and oxygen atoms in total. The highest BCUT2D eigenvalue weighted by Gasteiger charge is 1.97. The molecule has 0 bridgehead atoms. The summed E-state index contributed by atoms with van der Waals surface area (Å²) in [6, 6.07) is 7.79. The number of hydrogen-bond acceptors (Lipinski definition) is 2. The van der Waals surface area contributed by atoms with Crippen LogP contribution in [-0.2, 0) is 17.9 Å². The summed E-state index contributed by atoms with van der Waals surface area (Å²) in [5, 5.41) is 2.60. The van der Waals surface area contributed by atoms with E-state index in [1.165, 1.54) is 0 Å². The van der Waals surface area contributed by atoms with Crippen LogP contribution in [-0.4, -0.2) is 6.41 Å². The fourth-order valence-corrected chi connectivity index (χ4v) is 1.08. The van der Waals surface area contributed by atoms with Crippen molar-refractivity contribution in [3.05, 3.63) is 35.4 Å². The van der Waals surface area contributed by atoms with Crippen LogP contribution in [0.15, 0.2) is 24.3 Å². The lowest BCUT2D eigenvalue weighted by Gasteiger charge is -2.05. The van der Waals surface area contributed by atoms with Crippen molar-refractivity contribution in [1.82, 2.24) is 5.32 Å². The average Bonchev–Trinajstić information content (AvgIpc) is 2.15. The maximum absolute atomic E-state index is 10.0. The Morgan fingerprint density at radius 1 is 1.33 bits per heavy atom. The predicted octanol–water partition coefficient (Wildman–Crippen LogP) is 0.391. The molecular formula is C9H12N2O. The highest BCUT2D eigenvalue weighted by molar-refractivity contribution is 5.46. The van der Waals surface area contributed by atoms with Gasteiger partial charge in [0.2, 0.25) is 6.41 Å². The zero-order chi connectivity index (χ0) is 8.81. The Morgan fingerprint density at radius 2 is 2.00 bits per heavy atom. The molecule has 0 aliphatic heterocycles.